The summed E-state index contributed by atoms with van der Waals surface area (Å²) in [7, 11) is 1.21. The quantitative estimate of drug-likeness (QED) is 0.569. The number of aryl methyl sites for hydroxylation is 1. The summed E-state index contributed by atoms with van der Waals surface area (Å²) in [5.74, 6) is -3.28. The topological polar surface area (TPSA) is 110 Å². The van der Waals surface area contributed by atoms with E-state index in [1.165, 1.54) is 18.4 Å². The number of imide groups is 1. The summed E-state index contributed by atoms with van der Waals surface area (Å²) in [6.45, 7) is 5.29. The molecule has 160 valence electrons. The van der Waals surface area contributed by atoms with Crippen LogP contribution in [0.15, 0.2) is 11.4 Å². The highest BCUT2D eigenvalue weighted by atomic mass is 32.1. The first-order chi connectivity index (χ1) is 13.5. The number of carbonyl (C=O) groups excluding carboxylic acids is 3. The molecule has 2 amide bonds. The van der Waals surface area contributed by atoms with E-state index in [-0.39, 0.29) is 24.4 Å². The van der Waals surface area contributed by atoms with Crippen LogP contribution in [0.5, 0.6) is 0 Å². The molecule has 1 aromatic rings. The summed E-state index contributed by atoms with van der Waals surface area (Å²) in [6, 6.07) is 1.64. The molecule has 1 aliphatic heterocycles. The molecule has 0 aromatic carbocycles. The second-order valence-electron chi connectivity index (χ2n) is 8.08. The monoisotopic (exact) mass is 425 g/mol. The first kappa shape index (κ1) is 22.9. The Morgan fingerprint density at radius 3 is 2.55 bits per heavy atom. The minimum atomic E-state index is -1.06. The van der Waals surface area contributed by atoms with Gasteiger partial charge in [0.1, 0.15) is 11.5 Å². The molecule has 2 rings (SSSR count). The van der Waals surface area contributed by atoms with Gasteiger partial charge in [-0.2, -0.15) is 0 Å². The molecular formula is C20H27NO7S. The Morgan fingerprint density at radius 1 is 1.31 bits per heavy atom. The molecule has 29 heavy (non-hydrogen) atoms. The standard InChI is InChI=1S/C20H27NO7S/c1-20(2,3)28-19(26)21-8-7-12(9-15(16(21)22)18(25)27-4)5-6-14-10-13(11-29-14)17(23)24/h10-12,15H,5-9H2,1-4H3,(H,23,24). The minimum absolute atomic E-state index is 0.00543. The first-order valence-corrected chi connectivity index (χ1v) is 10.3. The van der Waals surface area contributed by atoms with Crippen LogP contribution in [0, 0.1) is 11.8 Å². The second kappa shape index (κ2) is 9.39. The van der Waals surface area contributed by atoms with Gasteiger partial charge in [0.2, 0.25) is 5.91 Å². The second-order valence-corrected chi connectivity index (χ2v) is 9.08. The van der Waals surface area contributed by atoms with E-state index in [4.69, 9.17) is 14.6 Å². The molecule has 0 saturated carbocycles. The van der Waals surface area contributed by atoms with Crippen LogP contribution in [-0.4, -0.2) is 53.2 Å². The van der Waals surface area contributed by atoms with Gasteiger partial charge in [-0.1, -0.05) is 0 Å². The van der Waals surface area contributed by atoms with Crippen molar-refractivity contribution in [3.05, 3.63) is 21.9 Å². The fourth-order valence-electron chi connectivity index (χ4n) is 3.23. The van der Waals surface area contributed by atoms with Gasteiger partial charge in [0.15, 0.2) is 0 Å². The maximum Gasteiger partial charge on any atom is 0.417 e. The van der Waals surface area contributed by atoms with E-state index in [0.717, 1.165) is 9.78 Å². The molecule has 1 aromatic heterocycles. The lowest BCUT2D eigenvalue weighted by molar-refractivity contribution is -0.153. The fourth-order valence-corrected chi connectivity index (χ4v) is 4.11. The number of likely N-dealkylation sites (tertiary alicyclic amines) is 1. The van der Waals surface area contributed by atoms with Gasteiger partial charge >= 0.3 is 18.0 Å². The van der Waals surface area contributed by atoms with Crippen molar-refractivity contribution in [3.63, 3.8) is 0 Å². The van der Waals surface area contributed by atoms with Gasteiger partial charge < -0.3 is 14.6 Å². The molecular weight excluding hydrogens is 398 g/mol. The zero-order chi connectivity index (χ0) is 21.8. The van der Waals surface area contributed by atoms with Crippen LogP contribution >= 0.6 is 11.3 Å². The Morgan fingerprint density at radius 2 is 2.00 bits per heavy atom. The van der Waals surface area contributed by atoms with E-state index >= 15 is 0 Å². The van der Waals surface area contributed by atoms with Crippen molar-refractivity contribution in [1.29, 1.82) is 0 Å². The number of hydrogen-bond acceptors (Lipinski definition) is 7. The maximum absolute atomic E-state index is 12.8. The Balaban J connectivity index is 2.11. The lowest BCUT2D eigenvalue weighted by atomic mass is 9.89. The van der Waals surface area contributed by atoms with Crippen LogP contribution in [-0.2, 0) is 25.5 Å². The number of ether oxygens (including phenoxy) is 2. The number of amides is 2. The smallest absolute Gasteiger partial charge is 0.417 e. The highest BCUT2D eigenvalue weighted by Gasteiger charge is 2.40. The van der Waals surface area contributed by atoms with E-state index < -0.39 is 35.5 Å². The first-order valence-electron chi connectivity index (χ1n) is 9.44. The van der Waals surface area contributed by atoms with Crippen molar-refractivity contribution < 1.29 is 33.8 Å². The predicted molar refractivity (Wildman–Crippen MR) is 106 cm³/mol. The largest absolute Gasteiger partial charge is 0.478 e. The number of carboxylic acid groups (broad SMARTS) is 1. The van der Waals surface area contributed by atoms with Gasteiger partial charge in [-0.15, -0.1) is 11.3 Å². The van der Waals surface area contributed by atoms with Crippen molar-refractivity contribution in [2.45, 2.75) is 52.1 Å². The van der Waals surface area contributed by atoms with Gasteiger partial charge in [-0.25, -0.2) is 14.5 Å². The van der Waals surface area contributed by atoms with Crippen molar-refractivity contribution in [2.24, 2.45) is 11.8 Å². The number of rotatable bonds is 5. The molecule has 1 aliphatic rings. The van der Waals surface area contributed by atoms with Gasteiger partial charge in [-0.05, 0) is 58.4 Å². The summed E-state index contributed by atoms with van der Waals surface area (Å²) in [5.41, 5.74) is -0.505. The van der Waals surface area contributed by atoms with Crippen LogP contribution in [0.2, 0.25) is 0 Å². The average Bonchev–Trinajstić information content (AvgIpc) is 3.03. The highest BCUT2D eigenvalue weighted by molar-refractivity contribution is 7.10. The van der Waals surface area contributed by atoms with Crippen LogP contribution in [0.3, 0.4) is 0 Å². The number of methoxy groups -OCH3 is 1. The van der Waals surface area contributed by atoms with Crippen molar-refractivity contribution in [1.82, 2.24) is 4.90 Å². The molecule has 1 fully saturated rings. The average molecular weight is 426 g/mol. The Bertz CT molecular complexity index is 780. The molecule has 1 N–H and O–H groups in total. The number of carboxylic acids is 1. The predicted octanol–water partition coefficient (Wildman–Crippen LogP) is 3.34. The van der Waals surface area contributed by atoms with Gasteiger partial charge in [0, 0.05) is 16.8 Å². The molecule has 0 aliphatic carbocycles. The lowest BCUT2D eigenvalue weighted by Crippen LogP contribution is -2.44. The van der Waals surface area contributed by atoms with Crippen LogP contribution in [0.4, 0.5) is 4.79 Å². The normalized spacial score (nSPS) is 20.1. The number of nitrogens with zero attached hydrogens (tertiary/aromatic N) is 1. The van der Waals surface area contributed by atoms with Crippen LogP contribution in [0.1, 0.15) is 55.3 Å². The van der Waals surface area contributed by atoms with E-state index in [2.05, 4.69) is 0 Å². The summed E-state index contributed by atoms with van der Waals surface area (Å²) in [6.07, 6.45) is 1.36. The molecule has 2 atom stereocenters. The van der Waals surface area contributed by atoms with Crippen molar-refractivity contribution in [2.75, 3.05) is 13.7 Å². The molecule has 2 unspecified atom stereocenters. The third-order valence-electron chi connectivity index (χ3n) is 4.69. The zero-order valence-corrected chi connectivity index (χ0v) is 17.9. The van der Waals surface area contributed by atoms with Crippen LogP contribution in [0.25, 0.3) is 0 Å². The minimum Gasteiger partial charge on any atom is -0.478 e. The zero-order valence-electron chi connectivity index (χ0n) is 17.1. The van der Waals surface area contributed by atoms with E-state index in [1.807, 2.05) is 0 Å². The fraction of sp³-hybridized carbons (Fsp3) is 0.600. The van der Waals surface area contributed by atoms with Gasteiger partial charge in [0.25, 0.3) is 0 Å². The molecule has 0 spiro atoms. The Kier molecular flexibility index (Phi) is 7.40. The molecule has 0 radical (unpaired) electrons. The lowest BCUT2D eigenvalue weighted by Gasteiger charge is -2.26. The number of esters is 1. The van der Waals surface area contributed by atoms with E-state index in [9.17, 15) is 19.2 Å². The molecule has 9 heteroatoms. The maximum atomic E-state index is 12.8. The van der Waals surface area contributed by atoms with E-state index in [1.54, 1.807) is 32.2 Å². The summed E-state index contributed by atoms with van der Waals surface area (Å²) >= 11 is 1.37. The number of thiophene rings is 1. The molecule has 8 nitrogen and oxygen atoms in total. The summed E-state index contributed by atoms with van der Waals surface area (Å²) in [5, 5.41) is 10.6. The molecule has 0 bridgehead atoms. The number of hydrogen-bond donors (Lipinski definition) is 1. The number of aromatic carboxylic acids is 1. The third kappa shape index (κ3) is 6.28. The van der Waals surface area contributed by atoms with Gasteiger partial charge in [-0.3, -0.25) is 9.59 Å². The highest BCUT2D eigenvalue weighted by Crippen LogP contribution is 2.30. The Labute approximate surface area is 173 Å². The Hall–Kier alpha value is -2.42. The summed E-state index contributed by atoms with van der Waals surface area (Å²) in [4.78, 5) is 50.4. The number of carbonyl (C=O) groups is 4. The molecule has 2 heterocycles. The van der Waals surface area contributed by atoms with Crippen molar-refractivity contribution in [3.8, 4) is 0 Å². The van der Waals surface area contributed by atoms with Crippen LogP contribution < -0.4 is 0 Å². The van der Waals surface area contributed by atoms with Crippen molar-refractivity contribution >= 4 is 35.3 Å². The SMILES string of the molecule is COC(=O)C1CC(CCc2cc(C(=O)O)cs2)CCN(C(=O)OC(C)(C)C)C1=O. The van der Waals surface area contributed by atoms with E-state index in [0.29, 0.717) is 19.3 Å². The van der Waals surface area contributed by atoms with Gasteiger partial charge in [0.05, 0.1) is 12.7 Å². The third-order valence-corrected chi connectivity index (χ3v) is 5.69. The summed E-state index contributed by atoms with van der Waals surface area (Å²) < 4.78 is 10.1. The molecule has 1 saturated heterocycles.